The highest BCUT2D eigenvalue weighted by atomic mass is 32.3. The number of aliphatic hydroxyl groups excluding tert-OH is 8. The molecule has 0 aromatic rings. The van der Waals surface area contributed by atoms with E-state index in [2.05, 4.69) is 14.8 Å². The maximum Gasteiger partial charge on any atom is 0.397 e. The number of ether oxygens (including phenoxy) is 5. The van der Waals surface area contributed by atoms with Crippen molar-refractivity contribution in [3.8, 4) is 0 Å². The first-order valence-electron chi connectivity index (χ1n) is 13.2. The molecule has 2 unspecified atom stereocenters. The molecule has 0 radical (unpaired) electrons. The molecule has 3 heterocycles. The molecule has 44 heavy (non-hydrogen) atoms. The van der Waals surface area contributed by atoms with Gasteiger partial charge in [0.15, 0.2) is 18.9 Å². The van der Waals surface area contributed by atoms with Gasteiger partial charge in [-0.2, -0.15) is 8.42 Å². The Bertz CT molecular complexity index is 1080. The van der Waals surface area contributed by atoms with Gasteiger partial charge in [0.1, 0.15) is 73.1 Å². The van der Waals surface area contributed by atoms with Crippen LogP contribution >= 0.6 is 0 Å². The van der Waals surface area contributed by atoms with Gasteiger partial charge in [-0.05, 0) is 0 Å². The maximum atomic E-state index is 11.8. The molecule has 3 rings (SSSR count). The number of carbonyl (C=O) groups excluding carboxylic acids is 2. The Morgan fingerprint density at radius 3 is 1.82 bits per heavy atom. The number of rotatable bonds is 11. The summed E-state index contributed by atoms with van der Waals surface area (Å²) in [4.78, 5) is 23.6. The Kier molecular flexibility index (Phi) is 12.7. The van der Waals surface area contributed by atoms with E-state index in [9.17, 15) is 58.9 Å². The Morgan fingerprint density at radius 1 is 0.705 bits per heavy atom. The fourth-order valence-electron chi connectivity index (χ4n) is 4.90. The first-order chi connectivity index (χ1) is 20.4. The summed E-state index contributed by atoms with van der Waals surface area (Å²) in [6.07, 6.45) is -22.7. The van der Waals surface area contributed by atoms with Crippen LogP contribution in [-0.2, 0) is 47.9 Å². The molecule has 0 bridgehead atoms. The highest BCUT2D eigenvalue weighted by molar-refractivity contribution is 7.80. The first kappa shape index (κ1) is 36.8. The van der Waals surface area contributed by atoms with E-state index in [0.29, 0.717) is 0 Å². The van der Waals surface area contributed by atoms with Crippen LogP contribution < -0.4 is 10.6 Å². The van der Waals surface area contributed by atoms with Crippen molar-refractivity contribution < 1.29 is 91.3 Å². The molecule has 0 aromatic carbocycles. The lowest BCUT2D eigenvalue weighted by molar-refractivity contribution is -0.345. The van der Waals surface area contributed by atoms with Crippen molar-refractivity contribution in [1.29, 1.82) is 0 Å². The smallest absolute Gasteiger partial charge is 0.394 e. The van der Waals surface area contributed by atoms with Gasteiger partial charge >= 0.3 is 10.4 Å². The minimum atomic E-state index is -4.98. The molecule has 22 heteroatoms. The maximum absolute atomic E-state index is 11.8. The number of aliphatic hydroxyl groups is 8. The second kappa shape index (κ2) is 15.3. The van der Waals surface area contributed by atoms with Crippen LogP contribution in [0.3, 0.4) is 0 Å². The van der Waals surface area contributed by atoms with Crippen molar-refractivity contribution in [3.63, 3.8) is 0 Å². The summed E-state index contributed by atoms with van der Waals surface area (Å²) in [5.41, 5.74) is 0. The molecule has 0 aliphatic carbocycles. The van der Waals surface area contributed by atoms with E-state index in [0.717, 1.165) is 13.8 Å². The minimum Gasteiger partial charge on any atom is -0.394 e. The summed E-state index contributed by atoms with van der Waals surface area (Å²) in [6, 6.07) is -2.99. The molecule has 11 N–H and O–H groups in total. The second-order valence-corrected chi connectivity index (χ2v) is 11.5. The lowest BCUT2D eigenvalue weighted by Crippen LogP contribution is -2.68. The van der Waals surface area contributed by atoms with E-state index in [-0.39, 0.29) is 0 Å². The SMILES string of the molecule is CC(=O)N[C@@H]1[C@@H](OC2O[C@H](CO)[C@H](O)[C@H](O)[C@H]2O)[C@@H](O)[C@@H](COC2O[C@H](COS(=O)(=O)O)[C@@H](O)[C@H](O)[C@H]2NC(C)=O)O[C@@H]1O. The molecule has 21 nitrogen and oxygen atoms in total. The lowest BCUT2D eigenvalue weighted by Gasteiger charge is -2.47. The first-order valence-corrected chi connectivity index (χ1v) is 14.6. The standard InChI is InChI=1S/C22H38N2O19S/c1-6(26)23-11-16(31)14(29)10(5-39-44(35,36)37)42-21(11)38-4-9-15(30)19(12(20(34)40-9)24-7(2)27)43-22-18(33)17(32)13(28)8(3-25)41-22/h8-22,25,28-34H,3-5H2,1-2H3,(H,23,26)(H,24,27)(H,35,36,37)/t8-,9-,10-,11-,12-,13+,14-,15+,16-,17+,18-,19-,20+,21?,22?/m1/s1. The van der Waals surface area contributed by atoms with Crippen molar-refractivity contribution in [1.82, 2.24) is 10.6 Å². The normalized spacial score (nSPS) is 43.3. The van der Waals surface area contributed by atoms with Crippen LogP contribution in [0.25, 0.3) is 0 Å². The van der Waals surface area contributed by atoms with Crippen LogP contribution in [0.1, 0.15) is 13.8 Å². The molecule has 3 aliphatic heterocycles. The molecule has 0 spiro atoms. The summed E-state index contributed by atoms with van der Waals surface area (Å²) < 4.78 is 62.3. The van der Waals surface area contributed by atoms with Gasteiger partial charge < -0.3 is 75.2 Å². The van der Waals surface area contributed by atoms with Gasteiger partial charge in [-0.25, -0.2) is 4.18 Å². The Hall–Kier alpha value is -1.71. The average Bonchev–Trinajstić information content (AvgIpc) is 2.93. The zero-order valence-corrected chi connectivity index (χ0v) is 24.1. The van der Waals surface area contributed by atoms with E-state index in [1.165, 1.54) is 0 Å². The van der Waals surface area contributed by atoms with Gasteiger partial charge in [-0.15, -0.1) is 0 Å². The van der Waals surface area contributed by atoms with Gasteiger partial charge in [0, 0.05) is 13.8 Å². The molecule has 3 fully saturated rings. The van der Waals surface area contributed by atoms with Crippen LogP contribution in [0.2, 0.25) is 0 Å². The summed E-state index contributed by atoms with van der Waals surface area (Å²) >= 11 is 0. The average molecular weight is 667 g/mol. The van der Waals surface area contributed by atoms with Gasteiger partial charge in [-0.3, -0.25) is 14.1 Å². The number of hydrogen-bond acceptors (Lipinski definition) is 18. The minimum absolute atomic E-state index is 0.707. The Labute approximate surface area is 250 Å². The second-order valence-electron chi connectivity index (χ2n) is 10.4. The van der Waals surface area contributed by atoms with Crippen molar-refractivity contribution in [2.45, 2.75) is 106 Å². The van der Waals surface area contributed by atoms with Gasteiger partial charge in [0.25, 0.3) is 0 Å². The zero-order valence-electron chi connectivity index (χ0n) is 23.3. The van der Waals surface area contributed by atoms with Crippen LogP contribution in [0.4, 0.5) is 0 Å². The summed E-state index contributed by atoms with van der Waals surface area (Å²) in [6.45, 7) is -0.378. The largest absolute Gasteiger partial charge is 0.397 e. The van der Waals surface area contributed by atoms with E-state index in [1.54, 1.807) is 0 Å². The van der Waals surface area contributed by atoms with Crippen molar-refractivity contribution >= 4 is 22.2 Å². The quantitative estimate of drug-likeness (QED) is 0.0912. The highest BCUT2D eigenvalue weighted by Gasteiger charge is 2.52. The monoisotopic (exact) mass is 666 g/mol. The number of carbonyl (C=O) groups is 2. The predicted molar refractivity (Wildman–Crippen MR) is 135 cm³/mol. The van der Waals surface area contributed by atoms with Crippen molar-refractivity contribution in [2.75, 3.05) is 19.8 Å². The van der Waals surface area contributed by atoms with Crippen LogP contribution in [-0.4, -0.2) is 177 Å². The van der Waals surface area contributed by atoms with Gasteiger partial charge in [-0.1, -0.05) is 0 Å². The van der Waals surface area contributed by atoms with Crippen molar-refractivity contribution in [2.24, 2.45) is 0 Å². The van der Waals surface area contributed by atoms with Gasteiger partial charge in [0.2, 0.25) is 11.8 Å². The Morgan fingerprint density at radius 2 is 1.25 bits per heavy atom. The summed E-state index contributed by atoms with van der Waals surface area (Å²) in [5.74, 6) is -1.41. The molecule has 2 amide bonds. The highest BCUT2D eigenvalue weighted by Crippen LogP contribution is 2.30. The fourth-order valence-corrected chi connectivity index (χ4v) is 5.20. The number of amides is 2. The predicted octanol–water partition coefficient (Wildman–Crippen LogP) is -7.46. The summed E-state index contributed by atoms with van der Waals surface area (Å²) in [5, 5.41) is 87.3. The molecule has 0 saturated carbocycles. The van der Waals surface area contributed by atoms with Crippen molar-refractivity contribution in [3.05, 3.63) is 0 Å². The van der Waals surface area contributed by atoms with E-state index in [1.807, 2.05) is 0 Å². The topological polar surface area (TPSA) is 330 Å². The fraction of sp³-hybridized carbons (Fsp3) is 0.909. The molecule has 3 aliphatic rings. The molecule has 3 saturated heterocycles. The number of hydrogen-bond donors (Lipinski definition) is 11. The molecule has 256 valence electrons. The molecular weight excluding hydrogens is 628 g/mol. The molecule has 0 aromatic heterocycles. The zero-order chi connectivity index (χ0) is 33.1. The molecular formula is C22H38N2O19S. The summed E-state index contributed by atoms with van der Waals surface area (Å²) in [7, 11) is -4.98. The lowest BCUT2D eigenvalue weighted by atomic mass is 9.95. The number of nitrogens with one attached hydrogen (secondary N) is 2. The third-order valence-electron chi connectivity index (χ3n) is 7.08. The van der Waals surface area contributed by atoms with E-state index in [4.69, 9.17) is 28.2 Å². The van der Waals surface area contributed by atoms with E-state index >= 15 is 0 Å². The Balaban J connectivity index is 1.80. The van der Waals surface area contributed by atoms with Crippen LogP contribution in [0.5, 0.6) is 0 Å². The van der Waals surface area contributed by atoms with Gasteiger partial charge in [0.05, 0.1) is 19.8 Å². The third-order valence-corrected chi connectivity index (χ3v) is 7.51. The van der Waals surface area contributed by atoms with E-state index < -0.39 is 134 Å². The third kappa shape index (κ3) is 8.97. The molecule has 15 atom stereocenters. The van der Waals surface area contributed by atoms with Crippen LogP contribution in [0.15, 0.2) is 0 Å². The van der Waals surface area contributed by atoms with Crippen LogP contribution in [0, 0.1) is 0 Å².